The molecule has 68 valence electrons. The van der Waals surface area contributed by atoms with Gasteiger partial charge in [0, 0.05) is 13.2 Å². The van der Waals surface area contributed by atoms with Crippen molar-refractivity contribution in [3.63, 3.8) is 0 Å². The third kappa shape index (κ3) is 7.78. The van der Waals surface area contributed by atoms with Crippen LogP contribution in [0, 0.1) is 0 Å². The lowest BCUT2D eigenvalue weighted by atomic mass is 10.2. The molecule has 1 unspecified atom stereocenters. The molecule has 0 aliphatic carbocycles. The molecule has 1 N–H and O–H groups in total. The summed E-state index contributed by atoms with van der Waals surface area (Å²) >= 11 is 0. The molecule has 0 spiro atoms. The second kappa shape index (κ2) is 7.98. The molecule has 11 heavy (non-hydrogen) atoms. The Bertz CT molecular complexity index is 67.7. The first-order valence-corrected chi connectivity index (χ1v) is 4.11. The minimum absolute atomic E-state index is 0.133. The van der Waals surface area contributed by atoms with Gasteiger partial charge in [-0.2, -0.15) is 0 Å². The molecule has 0 aromatic heterocycles. The molecular weight excluding hydrogens is 144 g/mol. The second-order valence-electron chi connectivity index (χ2n) is 2.39. The van der Waals surface area contributed by atoms with Crippen LogP contribution in [0.5, 0.6) is 0 Å². The van der Waals surface area contributed by atoms with Crippen LogP contribution in [0.2, 0.25) is 0 Å². The Morgan fingerprint density at radius 1 is 1.64 bits per heavy atom. The second-order valence-corrected chi connectivity index (χ2v) is 2.39. The van der Waals surface area contributed by atoms with E-state index in [1.165, 1.54) is 6.42 Å². The lowest BCUT2D eigenvalue weighted by molar-refractivity contribution is -0.0375. The maximum absolute atomic E-state index is 8.07. The minimum atomic E-state index is 0.133. The Morgan fingerprint density at radius 3 is 2.27 bits per heavy atom. The highest BCUT2D eigenvalue weighted by atomic mass is 16.5. The van der Waals surface area contributed by atoms with Gasteiger partial charge in [-0.15, -0.1) is 0 Å². The van der Waals surface area contributed by atoms with Crippen molar-refractivity contribution in [3.8, 4) is 0 Å². The third-order valence-corrected chi connectivity index (χ3v) is 1.37. The number of aliphatic hydroxyl groups is 1. The standard InChI is InChI=1S/C4H10O2.C4H8O/c1-2-6-4-3-5;1-4-2-3-5-4/h5H,2-4H2,1H3;4H,2-3H2,1H3. The minimum Gasteiger partial charge on any atom is -0.394 e. The zero-order valence-corrected chi connectivity index (χ0v) is 7.38. The van der Waals surface area contributed by atoms with Gasteiger partial charge in [0.2, 0.25) is 0 Å². The summed E-state index contributed by atoms with van der Waals surface area (Å²) in [6.07, 6.45) is 1.83. The van der Waals surface area contributed by atoms with E-state index in [-0.39, 0.29) is 6.61 Å². The highest BCUT2D eigenvalue weighted by Gasteiger charge is 2.09. The molecule has 1 fully saturated rings. The van der Waals surface area contributed by atoms with Crippen molar-refractivity contribution in [2.24, 2.45) is 0 Å². The van der Waals surface area contributed by atoms with E-state index in [0.717, 1.165) is 6.61 Å². The quantitative estimate of drug-likeness (QED) is 0.624. The molecule has 0 bridgehead atoms. The van der Waals surface area contributed by atoms with Crippen molar-refractivity contribution in [1.82, 2.24) is 0 Å². The number of hydrogen-bond acceptors (Lipinski definition) is 3. The van der Waals surface area contributed by atoms with Gasteiger partial charge in [-0.25, -0.2) is 0 Å². The van der Waals surface area contributed by atoms with E-state index in [4.69, 9.17) is 14.6 Å². The van der Waals surface area contributed by atoms with Gasteiger partial charge in [0.1, 0.15) is 0 Å². The third-order valence-electron chi connectivity index (χ3n) is 1.37. The Balaban J connectivity index is 0.000000183. The van der Waals surface area contributed by atoms with Crippen molar-refractivity contribution in [2.75, 3.05) is 26.4 Å². The SMILES string of the molecule is CC1CCO1.CCOCCO. The summed E-state index contributed by atoms with van der Waals surface area (Å²) in [6, 6.07) is 0. The summed E-state index contributed by atoms with van der Waals surface area (Å²) in [5.41, 5.74) is 0. The van der Waals surface area contributed by atoms with Gasteiger partial charge < -0.3 is 14.6 Å². The van der Waals surface area contributed by atoms with Crippen molar-refractivity contribution in [3.05, 3.63) is 0 Å². The smallest absolute Gasteiger partial charge is 0.0697 e. The first-order valence-electron chi connectivity index (χ1n) is 4.11. The Morgan fingerprint density at radius 2 is 2.18 bits per heavy atom. The summed E-state index contributed by atoms with van der Waals surface area (Å²) in [4.78, 5) is 0. The van der Waals surface area contributed by atoms with Gasteiger partial charge in [-0.05, 0) is 20.3 Å². The molecule has 0 aromatic carbocycles. The van der Waals surface area contributed by atoms with Gasteiger partial charge in [-0.1, -0.05) is 0 Å². The first-order chi connectivity index (χ1) is 5.31. The summed E-state index contributed by atoms with van der Waals surface area (Å²) in [7, 11) is 0. The van der Waals surface area contributed by atoms with Crippen LogP contribution >= 0.6 is 0 Å². The molecule has 0 aromatic rings. The van der Waals surface area contributed by atoms with E-state index >= 15 is 0 Å². The predicted octanol–water partition coefficient (Wildman–Crippen LogP) is 0.810. The molecule has 0 amide bonds. The molecule has 1 aliphatic heterocycles. The fourth-order valence-corrected chi connectivity index (χ4v) is 0.562. The first kappa shape index (κ1) is 10.9. The number of aliphatic hydroxyl groups excluding tert-OH is 1. The monoisotopic (exact) mass is 162 g/mol. The molecule has 3 nitrogen and oxygen atoms in total. The van der Waals surface area contributed by atoms with Crippen LogP contribution in [-0.2, 0) is 9.47 Å². The van der Waals surface area contributed by atoms with Crippen molar-refractivity contribution in [2.45, 2.75) is 26.4 Å². The van der Waals surface area contributed by atoms with Crippen LogP contribution in [0.1, 0.15) is 20.3 Å². The lowest BCUT2D eigenvalue weighted by Gasteiger charge is -2.20. The molecule has 1 atom stereocenters. The predicted molar refractivity (Wildman–Crippen MR) is 43.6 cm³/mol. The molecular formula is C8H18O3. The summed E-state index contributed by atoms with van der Waals surface area (Å²) in [5, 5.41) is 8.07. The number of hydrogen-bond donors (Lipinski definition) is 1. The van der Waals surface area contributed by atoms with E-state index < -0.39 is 0 Å². The van der Waals surface area contributed by atoms with E-state index in [2.05, 4.69) is 6.92 Å². The molecule has 3 heteroatoms. The molecule has 1 saturated heterocycles. The average Bonchev–Trinajstić information content (AvgIpc) is 1.98. The molecule has 0 saturated carbocycles. The van der Waals surface area contributed by atoms with Crippen LogP contribution in [0.4, 0.5) is 0 Å². The number of rotatable bonds is 3. The molecule has 0 radical (unpaired) electrons. The Hall–Kier alpha value is -0.120. The highest BCUT2D eigenvalue weighted by molar-refractivity contribution is 4.57. The molecule has 1 rings (SSSR count). The van der Waals surface area contributed by atoms with Crippen LogP contribution in [0.15, 0.2) is 0 Å². The summed E-state index contributed by atoms with van der Waals surface area (Å²) in [5.74, 6) is 0. The normalized spacial score (nSPS) is 21.5. The Kier molecular flexibility index (Phi) is 7.89. The zero-order valence-electron chi connectivity index (χ0n) is 7.38. The van der Waals surface area contributed by atoms with Crippen LogP contribution < -0.4 is 0 Å². The topological polar surface area (TPSA) is 38.7 Å². The Labute approximate surface area is 68.3 Å². The zero-order chi connectivity index (χ0) is 8.53. The lowest BCUT2D eigenvalue weighted by Crippen LogP contribution is -2.22. The van der Waals surface area contributed by atoms with E-state index in [0.29, 0.717) is 19.3 Å². The fourth-order valence-electron chi connectivity index (χ4n) is 0.562. The van der Waals surface area contributed by atoms with E-state index in [9.17, 15) is 0 Å². The van der Waals surface area contributed by atoms with E-state index in [1.54, 1.807) is 0 Å². The summed E-state index contributed by atoms with van der Waals surface area (Å²) < 4.78 is 9.66. The van der Waals surface area contributed by atoms with E-state index in [1.807, 2.05) is 6.92 Å². The maximum atomic E-state index is 8.07. The van der Waals surface area contributed by atoms with Gasteiger partial charge >= 0.3 is 0 Å². The maximum Gasteiger partial charge on any atom is 0.0697 e. The van der Waals surface area contributed by atoms with Gasteiger partial charge in [-0.3, -0.25) is 0 Å². The largest absolute Gasteiger partial charge is 0.394 e. The van der Waals surface area contributed by atoms with Gasteiger partial charge in [0.15, 0.2) is 0 Å². The van der Waals surface area contributed by atoms with Crippen LogP contribution in [0.25, 0.3) is 0 Å². The molecule has 1 heterocycles. The van der Waals surface area contributed by atoms with Crippen molar-refractivity contribution >= 4 is 0 Å². The van der Waals surface area contributed by atoms with Crippen molar-refractivity contribution < 1.29 is 14.6 Å². The fraction of sp³-hybridized carbons (Fsp3) is 1.00. The van der Waals surface area contributed by atoms with Crippen LogP contribution in [-0.4, -0.2) is 37.6 Å². The average molecular weight is 162 g/mol. The number of ether oxygens (including phenoxy) is 2. The van der Waals surface area contributed by atoms with Crippen molar-refractivity contribution in [1.29, 1.82) is 0 Å². The highest BCUT2D eigenvalue weighted by Crippen LogP contribution is 2.07. The summed E-state index contributed by atoms with van der Waals surface area (Å²) in [6.45, 7) is 6.27. The van der Waals surface area contributed by atoms with Gasteiger partial charge in [0.25, 0.3) is 0 Å². The van der Waals surface area contributed by atoms with Crippen LogP contribution in [0.3, 0.4) is 0 Å². The molecule has 1 aliphatic rings. The van der Waals surface area contributed by atoms with Gasteiger partial charge in [0.05, 0.1) is 19.3 Å².